The van der Waals surface area contributed by atoms with Gasteiger partial charge in [0.25, 0.3) is 0 Å². The molecule has 4 nitrogen and oxygen atoms in total. The van der Waals surface area contributed by atoms with E-state index in [0.29, 0.717) is 6.54 Å². The molecule has 2 atom stereocenters. The zero-order valence-electron chi connectivity index (χ0n) is 6.87. The van der Waals surface area contributed by atoms with E-state index in [1.54, 1.807) is 0 Å². The number of nitrogens with zero attached hydrogens (tertiary/aromatic N) is 1. The maximum atomic E-state index is 10.6. The lowest BCUT2D eigenvalue weighted by Crippen LogP contribution is -2.41. The quantitative estimate of drug-likeness (QED) is 0.504. The summed E-state index contributed by atoms with van der Waals surface area (Å²) in [7, 11) is 1.92. The molecule has 4 heteroatoms. The highest BCUT2D eigenvalue weighted by Gasteiger charge is 2.29. The van der Waals surface area contributed by atoms with Gasteiger partial charge in [-0.1, -0.05) is 0 Å². The fourth-order valence-corrected chi connectivity index (χ4v) is 1.38. The average Bonchev–Trinajstić information content (AvgIpc) is 2.09. The van der Waals surface area contributed by atoms with Crippen LogP contribution >= 0.6 is 0 Å². The Morgan fingerprint density at radius 1 is 1.64 bits per heavy atom. The summed E-state index contributed by atoms with van der Waals surface area (Å²) in [6.45, 7) is 2.84. The number of carbonyl (C=O) groups is 1. The van der Waals surface area contributed by atoms with E-state index in [1.165, 1.54) is 6.92 Å². The van der Waals surface area contributed by atoms with Gasteiger partial charge in [-0.3, -0.25) is 4.79 Å². The highest BCUT2D eigenvalue weighted by molar-refractivity contribution is 5.73. The highest BCUT2D eigenvalue weighted by Crippen LogP contribution is 2.06. The Morgan fingerprint density at radius 2 is 2.27 bits per heavy atom. The molecule has 1 fully saturated rings. The minimum absolute atomic E-state index is 0.0793. The fourth-order valence-electron chi connectivity index (χ4n) is 1.38. The van der Waals surface area contributed by atoms with Crippen LogP contribution in [0.25, 0.3) is 0 Å². The van der Waals surface area contributed by atoms with Crippen molar-refractivity contribution in [2.75, 3.05) is 20.1 Å². The van der Waals surface area contributed by atoms with Gasteiger partial charge in [-0.25, -0.2) is 0 Å². The van der Waals surface area contributed by atoms with Gasteiger partial charge in [0.05, 0.1) is 12.1 Å². The van der Waals surface area contributed by atoms with Gasteiger partial charge in [0.15, 0.2) is 0 Å². The molecular weight excluding hydrogens is 144 g/mol. The lowest BCUT2D eigenvalue weighted by atomic mass is 10.2. The highest BCUT2D eigenvalue weighted by atomic mass is 16.3. The summed E-state index contributed by atoms with van der Waals surface area (Å²) < 4.78 is 0. The number of likely N-dealkylation sites (N-methyl/N-ethyl adjacent to an activating group) is 1. The Bertz CT molecular complexity index is 161. The summed E-state index contributed by atoms with van der Waals surface area (Å²) in [5.41, 5.74) is 0. The smallest absolute Gasteiger partial charge is 0.217 e. The Kier molecular flexibility index (Phi) is 2.46. The van der Waals surface area contributed by atoms with Crippen molar-refractivity contribution in [2.45, 2.75) is 19.1 Å². The van der Waals surface area contributed by atoms with Crippen LogP contribution in [-0.2, 0) is 4.79 Å². The van der Waals surface area contributed by atoms with Crippen molar-refractivity contribution >= 4 is 5.91 Å². The van der Waals surface area contributed by atoms with E-state index in [1.807, 2.05) is 11.9 Å². The molecule has 0 aliphatic carbocycles. The number of hydrogen-bond donors (Lipinski definition) is 2. The van der Waals surface area contributed by atoms with Gasteiger partial charge < -0.3 is 15.3 Å². The first kappa shape index (κ1) is 8.49. The predicted octanol–water partition coefficient (Wildman–Crippen LogP) is -1.20. The molecule has 1 amide bonds. The summed E-state index contributed by atoms with van der Waals surface area (Å²) in [5.74, 6) is -0.0793. The molecule has 1 saturated heterocycles. The second-order valence-corrected chi connectivity index (χ2v) is 3.10. The first-order valence-electron chi connectivity index (χ1n) is 3.73. The van der Waals surface area contributed by atoms with E-state index in [-0.39, 0.29) is 11.9 Å². The number of hydrogen-bond acceptors (Lipinski definition) is 3. The molecule has 64 valence electrons. The number of rotatable bonds is 1. The molecule has 0 radical (unpaired) electrons. The molecule has 1 rings (SSSR count). The summed E-state index contributed by atoms with van der Waals surface area (Å²) in [6.07, 6.45) is -0.413. The Hall–Kier alpha value is -0.610. The van der Waals surface area contributed by atoms with E-state index in [9.17, 15) is 9.90 Å². The third kappa shape index (κ3) is 2.17. The summed E-state index contributed by atoms with van der Waals surface area (Å²) in [4.78, 5) is 12.6. The largest absolute Gasteiger partial charge is 0.390 e. The van der Waals surface area contributed by atoms with Gasteiger partial charge in [0, 0.05) is 20.0 Å². The Balaban J connectivity index is 2.40. The molecule has 11 heavy (non-hydrogen) atoms. The average molecular weight is 158 g/mol. The number of aliphatic hydroxyl groups excluding tert-OH is 1. The zero-order chi connectivity index (χ0) is 8.43. The van der Waals surface area contributed by atoms with E-state index in [2.05, 4.69) is 5.32 Å². The van der Waals surface area contributed by atoms with Crippen molar-refractivity contribution in [3.05, 3.63) is 0 Å². The molecule has 2 unspecified atom stereocenters. The normalized spacial score (nSPS) is 32.3. The Labute approximate surface area is 66.2 Å². The van der Waals surface area contributed by atoms with Crippen molar-refractivity contribution < 1.29 is 9.90 Å². The van der Waals surface area contributed by atoms with Crippen LogP contribution in [0.3, 0.4) is 0 Å². The van der Waals surface area contributed by atoms with Gasteiger partial charge in [-0.2, -0.15) is 0 Å². The van der Waals surface area contributed by atoms with E-state index in [4.69, 9.17) is 0 Å². The van der Waals surface area contributed by atoms with Crippen molar-refractivity contribution in [3.63, 3.8) is 0 Å². The van der Waals surface area contributed by atoms with Gasteiger partial charge in [0.1, 0.15) is 0 Å². The number of carbonyl (C=O) groups excluding carboxylic acids is 1. The van der Waals surface area contributed by atoms with Crippen molar-refractivity contribution in [3.8, 4) is 0 Å². The van der Waals surface area contributed by atoms with Crippen LogP contribution in [-0.4, -0.2) is 48.2 Å². The first-order chi connectivity index (χ1) is 5.09. The fraction of sp³-hybridized carbons (Fsp3) is 0.857. The van der Waals surface area contributed by atoms with Gasteiger partial charge in [-0.15, -0.1) is 0 Å². The molecule has 0 saturated carbocycles. The molecular formula is C7H14N2O2. The number of amides is 1. The molecule has 1 aliphatic heterocycles. The lowest BCUT2D eigenvalue weighted by molar-refractivity contribution is -0.120. The molecule has 0 aromatic rings. The number of β-amino-alcohol motifs (C(OH)–C–C–N with tert-alkyl or cyclic N) is 1. The molecule has 0 aromatic carbocycles. The summed E-state index contributed by atoms with van der Waals surface area (Å²) in [5, 5.41) is 12.0. The third-order valence-corrected chi connectivity index (χ3v) is 1.86. The molecule has 0 spiro atoms. The van der Waals surface area contributed by atoms with Gasteiger partial charge in [0.2, 0.25) is 5.91 Å². The van der Waals surface area contributed by atoms with Crippen molar-refractivity contribution in [1.29, 1.82) is 0 Å². The van der Waals surface area contributed by atoms with E-state index in [0.717, 1.165) is 6.54 Å². The van der Waals surface area contributed by atoms with Crippen molar-refractivity contribution in [2.24, 2.45) is 0 Å². The van der Waals surface area contributed by atoms with E-state index < -0.39 is 6.10 Å². The lowest BCUT2D eigenvalue weighted by Gasteiger charge is -2.13. The molecule has 2 N–H and O–H groups in total. The SMILES string of the molecule is CC(=O)NC1CN(C)CC1O. The number of likely N-dealkylation sites (tertiary alicyclic amines) is 1. The van der Waals surface area contributed by atoms with Crippen LogP contribution in [0, 0.1) is 0 Å². The summed E-state index contributed by atoms with van der Waals surface area (Å²) >= 11 is 0. The maximum absolute atomic E-state index is 10.6. The summed E-state index contributed by atoms with van der Waals surface area (Å²) in [6, 6.07) is -0.0856. The van der Waals surface area contributed by atoms with Crippen LogP contribution in [0.15, 0.2) is 0 Å². The van der Waals surface area contributed by atoms with Crippen LogP contribution < -0.4 is 5.32 Å². The van der Waals surface area contributed by atoms with Crippen LogP contribution in [0.2, 0.25) is 0 Å². The van der Waals surface area contributed by atoms with Crippen LogP contribution in [0.1, 0.15) is 6.92 Å². The Morgan fingerprint density at radius 3 is 2.64 bits per heavy atom. The van der Waals surface area contributed by atoms with Gasteiger partial charge in [-0.05, 0) is 7.05 Å². The van der Waals surface area contributed by atoms with Gasteiger partial charge >= 0.3 is 0 Å². The standard InChI is InChI=1S/C7H14N2O2/c1-5(10)8-6-3-9(2)4-7(6)11/h6-7,11H,3-4H2,1-2H3,(H,8,10). The van der Waals surface area contributed by atoms with E-state index >= 15 is 0 Å². The topological polar surface area (TPSA) is 52.6 Å². The molecule has 0 bridgehead atoms. The molecule has 0 aromatic heterocycles. The molecule has 1 heterocycles. The van der Waals surface area contributed by atoms with Crippen LogP contribution in [0.4, 0.5) is 0 Å². The molecule has 1 aliphatic rings. The number of nitrogens with one attached hydrogen (secondary N) is 1. The van der Waals surface area contributed by atoms with Crippen LogP contribution in [0.5, 0.6) is 0 Å². The van der Waals surface area contributed by atoms with Crippen molar-refractivity contribution in [1.82, 2.24) is 10.2 Å². The zero-order valence-corrected chi connectivity index (χ0v) is 6.87. The second-order valence-electron chi connectivity index (χ2n) is 3.10. The maximum Gasteiger partial charge on any atom is 0.217 e. The minimum atomic E-state index is -0.413. The second kappa shape index (κ2) is 3.19. The third-order valence-electron chi connectivity index (χ3n) is 1.86. The number of aliphatic hydroxyl groups is 1. The monoisotopic (exact) mass is 158 g/mol. The minimum Gasteiger partial charge on any atom is -0.390 e. The first-order valence-corrected chi connectivity index (χ1v) is 3.73. The predicted molar refractivity (Wildman–Crippen MR) is 41.1 cm³/mol.